The number of halogens is 1. The Hall–Kier alpha value is -6.11. The monoisotopic (exact) mass is 748 g/mol. The second-order valence-corrected chi connectivity index (χ2v) is 16.1. The highest BCUT2D eigenvalue weighted by Crippen LogP contribution is 2.46. The van der Waals surface area contributed by atoms with Crippen LogP contribution >= 0.6 is 34.3 Å². The number of hydrogen-bond acceptors (Lipinski definition) is 5. The van der Waals surface area contributed by atoms with Gasteiger partial charge in [-0.3, -0.25) is 0 Å². The van der Waals surface area contributed by atoms with Gasteiger partial charge in [0.05, 0.1) is 10.7 Å². The number of rotatable bonds is 6. The second-order valence-electron chi connectivity index (χ2n) is 13.5. The van der Waals surface area contributed by atoms with Crippen molar-refractivity contribution >= 4 is 131 Å². The minimum absolute atomic E-state index is 0.665. The maximum atomic E-state index is 7.04. The van der Waals surface area contributed by atoms with Crippen molar-refractivity contribution in [3.8, 4) is 0 Å². The van der Waals surface area contributed by atoms with Crippen LogP contribution in [0.3, 0.4) is 0 Å². The summed E-state index contributed by atoms with van der Waals surface area (Å²) in [4.78, 5) is 4.63. The molecule has 0 N–H and O–H groups in total. The van der Waals surface area contributed by atoms with Gasteiger partial charge in [-0.2, -0.15) is 0 Å². The molecule has 0 radical (unpaired) electrons. The first-order chi connectivity index (χ1) is 26.7. The van der Waals surface area contributed by atoms with Crippen LogP contribution in [0.2, 0.25) is 5.02 Å². The normalized spacial score (nSPS) is 11.8. The SMILES string of the molecule is Clc1cc(N(c2ccccc2)c2ccc3c(c2)sc2ccc(N(c4ccccc4)c4ccc5c(c4)sc4ccccc45)cc23)cc2oc3ccccc3c12. The topological polar surface area (TPSA) is 19.6 Å². The van der Waals surface area contributed by atoms with Crippen molar-refractivity contribution in [3.05, 3.63) is 181 Å². The van der Waals surface area contributed by atoms with Gasteiger partial charge in [0.25, 0.3) is 0 Å². The quantitative estimate of drug-likeness (QED) is 0.169. The molecular weight excluding hydrogens is 720 g/mol. The third-order valence-corrected chi connectivity index (χ3v) is 12.8. The molecule has 0 aliphatic carbocycles. The fourth-order valence-electron chi connectivity index (χ4n) is 7.85. The molecule has 0 fully saturated rings. The van der Waals surface area contributed by atoms with E-state index in [0.29, 0.717) is 5.02 Å². The Kier molecular flexibility index (Phi) is 7.27. The van der Waals surface area contributed by atoms with Gasteiger partial charge in [-0.05, 0) is 84.9 Å². The molecule has 54 heavy (non-hydrogen) atoms. The van der Waals surface area contributed by atoms with E-state index in [0.717, 1.165) is 56.1 Å². The molecule has 0 bridgehead atoms. The molecule has 0 aliphatic rings. The molecule has 6 heteroatoms. The Morgan fingerprint density at radius 2 is 0.870 bits per heavy atom. The van der Waals surface area contributed by atoms with E-state index < -0.39 is 0 Å². The molecule has 0 saturated heterocycles. The molecular formula is C48H29ClN2OS2. The Labute approximate surface area is 324 Å². The second kappa shape index (κ2) is 12.5. The minimum Gasteiger partial charge on any atom is -0.456 e. The molecule has 3 aromatic heterocycles. The Balaban J connectivity index is 1.04. The molecule has 0 amide bonds. The van der Waals surface area contributed by atoms with Gasteiger partial charge >= 0.3 is 0 Å². The Morgan fingerprint density at radius 3 is 1.57 bits per heavy atom. The Bertz CT molecular complexity index is 3200. The van der Waals surface area contributed by atoms with Gasteiger partial charge in [-0.25, -0.2) is 0 Å². The molecule has 11 aromatic rings. The van der Waals surface area contributed by atoms with Crippen molar-refractivity contribution in [3.63, 3.8) is 0 Å². The first-order valence-corrected chi connectivity index (χ1v) is 19.9. The summed E-state index contributed by atoms with van der Waals surface area (Å²) in [6.07, 6.45) is 0. The molecule has 0 saturated carbocycles. The molecule has 0 aliphatic heterocycles. The van der Waals surface area contributed by atoms with Crippen LogP contribution in [0.5, 0.6) is 0 Å². The Morgan fingerprint density at radius 1 is 0.352 bits per heavy atom. The number of thiophene rings is 2. The summed E-state index contributed by atoms with van der Waals surface area (Å²) in [7, 11) is 0. The van der Waals surface area contributed by atoms with Crippen molar-refractivity contribution in [1.82, 2.24) is 0 Å². The lowest BCUT2D eigenvalue weighted by Gasteiger charge is -2.26. The minimum atomic E-state index is 0.665. The predicted octanol–water partition coefficient (Wildman–Crippen LogP) is 15.9. The van der Waals surface area contributed by atoms with Crippen molar-refractivity contribution in [2.45, 2.75) is 0 Å². The lowest BCUT2D eigenvalue weighted by molar-refractivity contribution is 0.669. The number of hydrogen-bond donors (Lipinski definition) is 0. The van der Waals surface area contributed by atoms with Gasteiger partial charge in [0.2, 0.25) is 0 Å². The zero-order valence-electron chi connectivity index (χ0n) is 28.7. The number of fused-ring (bicyclic) bond motifs is 9. The first kappa shape index (κ1) is 31.4. The first-order valence-electron chi connectivity index (χ1n) is 17.9. The van der Waals surface area contributed by atoms with Crippen LogP contribution in [0.1, 0.15) is 0 Å². The van der Waals surface area contributed by atoms with E-state index in [2.05, 4.69) is 161 Å². The summed E-state index contributed by atoms with van der Waals surface area (Å²) < 4.78 is 11.4. The van der Waals surface area contributed by atoms with Crippen LogP contribution in [-0.4, -0.2) is 0 Å². The summed E-state index contributed by atoms with van der Waals surface area (Å²) in [6, 6.07) is 62.5. The number of para-hydroxylation sites is 3. The van der Waals surface area contributed by atoms with E-state index in [1.165, 1.54) is 40.3 Å². The van der Waals surface area contributed by atoms with Gasteiger partial charge in [0.1, 0.15) is 11.2 Å². The number of anilines is 6. The van der Waals surface area contributed by atoms with E-state index in [9.17, 15) is 0 Å². The van der Waals surface area contributed by atoms with Gasteiger partial charge in [0, 0.05) is 85.6 Å². The molecule has 0 unspecified atom stereocenters. The standard InChI is InChI=1S/C48H29ClN2OS2/c49-41-26-35(27-43-48(41)39-16-7-9-17-42(39)52-43)51(31-13-5-2-6-14-31)34-20-23-38-40-25-32(21-24-45(40)54-47(38)29-34)50(30-11-3-1-4-12-30)33-19-22-37-36-15-8-10-18-44(36)53-46(37)28-33/h1-29H. The van der Waals surface area contributed by atoms with Crippen LogP contribution in [-0.2, 0) is 0 Å². The van der Waals surface area contributed by atoms with Crippen LogP contribution < -0.4 is 9.80 Å². The van der Waals surface area contributed by atoms with Crippen LogP contribution in [0.15, 0.2) is 180 Å². The molecule has 3 heterocycles. The highest BCUT2D eigenvalue weighted by Gasteiger charge is 2.20. The smallest absolute Gasteiger partial charge is 0.139 e. The van der Waals surface area contributed by atoms with Gasteiger partial charge in [-0.1, -0.05) is 96.5 Å². The summed E-state index contributed by atoms with van der Waals surface area (Å²) in [5.74, 6) is 0. The van der Waals surface area contributed by atoms with E-state index in [4.69, 9.17) is 16.0 Å². The van der Waals surface area contributed by atoms with Crippen LogP contribution in [0.25, 0.3) is 62.3 Å². The molecule has 3 nitrogen and oxygen atoms in total. The summed E-state index contributed by atoms with van der Waals surface area (Å²) in [5, 5.41) is 7.70. The van der Waals surface area contributed by atoms with Gasteiger partial charge < -0.3 is 14.2 Å². The zero-order chi connectivity index (χ0) is 35.8. The highest BCUT2D eigenvalue weighted by atomic mass is 35.5. The maximum absolute atomic E-state index is 7.04. The van der Waals surface area contributed by atoms with Crippen LogP contribution in [0.4, 0.5) is 34.1 Å². The molecule has 11 rings (SSSR count). The number of furan rings is 1. The predicted molar refractivity (Wildman–Crippen MR) is 234 cm³/mol. The van der Waals surface area contributed by atoms with E-state index in [1.54, 1.807) is 0 Å². The fourth-order valence-corrected chi connectivity index (χ4v) is 10.4. The maximum Gasteiger partial charge on any atom is 0.139 e. The lowest BCUT2D eigenvalue weighted by Crippen LogP contribution is -2.09. The van der Waals surface area contributed by atoms with Crippen molar-refractivity contribution in [1.29, 1.82) is 0 Å². The highest BCUT2D eigenvalue weighted by molar-refractivity contribution is 7.26. The lowest BCUT2D eigenvalue weighted by atomic mass is 10.1. The third kappa shape index (κ3) is 5.08. The molecule has 256 valence electrons. The third-order valence-electron chi connectivity index (χ3n) is 10.3. The zero-order valence-corrected chi connectivity index (χ0v) is 31.1. The van der Waals surface area contributed by atoms with Gasteiger partial charge in [0.15, 0.2) is 0 Å². The largest absolute Gasteiger partial charge is 0.456 e. The summed E-state index contributed by atoms with van der Waals surface area (Å²) in [5.41, 5.74) is 8.01. The van der Waals surface area contributed by atoms with E-state index in [-0.39, 0.29) is 0 Å². The summed E-state index contributed by atoms with van der Waals surface area (Å²) >= 11 is 10.7. The van der Waals surface area contributed by atoms with E-state index in [1.807, 2.05) is 46.9 Å². The van der Waals surface area contributed by atoms with Gasteiger partial charge in [-0.15, -0.1) is 22.7 Å². The average Bonchev–Trinajstić information content (AvgIpc) is 3.89. The number of nitrogens with zero attached hydrogens (tertiary/aromatic N) is 2. The number of benzene rings is 8. The van der Waals surface area contributed by atoms with Crippen LogP contribution in [0, 0.1) is 0 Å². The molecule has 0 spiro atoms. The average molecular weight is 749 g/mol. The molecule has 8 aromatic carbocycles. The molecule has 0 atom stereocenters. The van der Waals surface area contributed by atoms with Crippen molar-refractivity contribution in [2.24, 2.45) is 0 Å². The fraction of sp³-hybridized carbons (Fsp3) is 0. The van der Waals surface area contributed by atoms with Crippen molar-refractivity contribution in [2.75, 3.05) is 9.80 Å². The van der Waals surface area contributed by atoms with Crippen molar-refractivity contribution < 1.29 is 4.42 Å². The van der Waals surface area contributed by atoms with E-state index >= 15 is 0 Å². The summed E-state index contributed by atoms with van der Waals surface area (Å²) in [6.45, 7) is 0.